The smallest absolute Gasteiger partial charge is 0.124 e. The van der Waals surface area contributed by atoms with Gasteiger partial charge >= 0.3 is 0 Å². The molecule has 0 saturated heterocycles. The first-order valence-corrected chi connectivity index (χ1v) is 7.37. The van der Waals surface area contributed by atoms with Crippen LogP contribution < -0.4 is 16.0 Å². The SMILES string of the molecule is CCOc1cccc(C(NN)c2ccc(F)cc2I)c1. The second-order valence-corrected chi connectivity index (χ2v) is 5.43. The lowest BCUT2D eigenvalue weighted by Gasteiger charge is -2.19. The predicted octanol–water partition coefficient (Wildman–Crippen LogP) is 3.38. The average molecular weight is 386 g/mol. The summed E-state index contributed by atoms with van der Waals surface area (Å²) in [6.07, 6.45) is 0. The molecule has 1 atom stereocenters. The van der Waals surface area contributed by atoms with Crippen LogP contribution in [0.15, 0.2) is 42.5 Å². The van der Waals surface area contributed by atoms with E-state index in [2.05, 4.69) is 28.0 Å². The minimum Gasteiger partial charge on any atom is -0.494 e. The molecule has 106 valence electrons. The highest BCUT2D eigenvalue weighted by Crippen LogP contribution is 2.28. The summed E-state index contributed by atoms with van der Waals surface area (Å²) in [5.74, 6) is 6.22. The number of hydrazine groups is 1. The van der Waals surface area contributed by atoms with Gasteiger partial charge < -0.3 is 4.74 Å². The molecule has 0 aliphatic carbocycles. The second kappa shape index (κ2) is 7.01. The molecule has 20 heavy (non-hydrogen) atoms. The second-order valence-electron chi connectivity index (χ2n) is 4.27. The topological polar surface area (TPSA) is 47.3 Å². The number of rotatable bonds is 5. The van der Waals surface area contributed by atoms with E-state index in [4.69, 9.17) is 10.6 Å². The van der Waals surface area contributed by atoms with E-state index in [-0.39, 0.29) is 11.9 Å². The van der Waals surface area contributed by atoms with Crippen LogP contribution in [-0.2, 0) is 0 Å². The normalized spacial score (nSPS) is 12.2. The lowest BCUT2D eigenvalue weighted by atomic mass is 9.99. The number of halogens is 2. The monoisotopic (exact) mass is 386 g/mol. The quantitative estimate of drug-likeness (QED) is 0.471. The van der Waals surface area contributed by atoms with Crippen molar-refractivity contribution < 1.29 is 9.13 Å². The van der Waals surface area contributed by atoms with E-state index in [1.54, 1.807) is 6.07 Å². The number of nitrogens with one attached hydrogen (secondary N) is 1. The summed E-state index contributed by atoms with van der Waals surface area (Å²) >= 11 is 2.11. The zero-order chi connectivity index (χ0) is 14.5. The van der Waals surface area contributed by atoms with Crippen molar-refractivity contribution in [3.63, 3.8) is 0 Å². The maximum Gasteiger partial charge on any atom is 0.124 e. The zero-order valence-corrected chi connectivity index (χ0v) is 13.2. The van der Waals surface area contributed by atoms with Gasteiger partial charge in [0.15, 0.2) is 0 Å². The fourth-order valence-corrected chi connectivity index (χ4v) is 2.84. The van der Waals surface area contributed by atoms with Crippen molar-refractivity contribution in [2.75, 3.05) is 6.61 Å². The van der Waals surface area contributed by atoms with Gasteiger partial charge in [-0.05, 0) is 64.9 Å². The van der Waals surface area contributed by atoms with Crippen LogP contribution in [0, 0.1) is 9.39 Å². The fraction of sp³-hybridized carbons (Fsp3) is 0.200. The molecule has 0 amide bonds. The molecule has 2 aromatic rings. The molecular weight excluding hydrogens is 370 g/mol. The summed E-state index contributed by atoms with van der Waals surface area (Å²) in [5, 5.41) is 0. The van der Waals surface area contributed by atoms with Gasteiger partial charge in [-0.15, -0.1) is 0 Å². The van der Waals surface area contributed by atoms with Gasteiger partial charge in [0.2, 0.25) is 0 Å². The number of nitrogens with two attached hydrogens (primary N) is 1. The van der Waals surface area contributed by atoms with Crippen molar-refractivity contribution in [2.24, 2.45) is 5.84 Å². The van der Waals surface area contributed by atoms with Crippen LogP contribution in [0.5, 0.6) is 5.75 Å². The Kier molecular flexibility index (Phi) is 5.33. The van der Waals surface area contributed by atoms with Crippen molar-refractivity contribution in [3.8, 4) is 5.75 Å². The fourth-order valence-electron chi connectivity index (χ4n) is 2.05. The van der Waals surface area contributed by atoms with Crippen LogP contribution in [0.2, 0.25) is 0 Å². The molecule has 2 rings (SSSR count). The van der Waals surface area contributed by atoms with Crippen LogP contribution in [-0.4, -0.2) is 6.61 Å². The molecule has 0 heterocycles. The van der Waals surface area contributed by atoms with Crippen LogP contribution in [0.25, 0.3) is 0 Å². The summed E-state index contributed by atoms with van der Waals surface area (Å²) in [6.45, 7) is 2.55. The molecule has 0 saturated carbocycles. The molecule has 0 aromatic heterocycles. The Morgan fingerprint density at radius 2 is 2.10 bits per heavy atom. The summed E-state index contributed by atoms with van der Waals surface area (Å²) in [7, 11) is 0. The Bertz CT molecular complexity index is 592. The minimum atomic E-state index is -0.253. The molecule has 3 N–H and O–H groups in total. The first-order valence-electron chi connectivity index (χ1n) is 6.29. The Labute approximate surface area is 131 Å². The van der Waals surface area contributed by atoms with Crippen LogP contribution >= 0.6 is 22.6 Å². The van der Waals surface area contributed by atoms with Crippen LogP contribution in [0.3, 0.4) is 0 Å². The van der Waals surface area contributed by atoms with Gasteiger partial charge in [0, 0.05) is 3.57 Å². The lowest BCUT2D eigenvalue weighted by Crippen LogP contribution is -2.29. The van der Waals surface area contributed by atoms with Gasteiger partial charge in [0.05, 0.1) is 12.6 Å². The third kappa shape index (κ3) is 3.47. The maximum absolute atomic E-state index is 13.2. The van der Waals surface area contributed by atoms with E-state index < -0.39 is 0 Å². The Balaban J connectivity index is 2.38. The first kappa shape index (κ1) is 15.2. The van der Waals surface area contributed by atoms with E-state index in [0.717, 1.165) is 20.4 Å². The molecule has 0 fully saturated rings. The van der Waals surface area contributed by atoms with Gasteiger partial charge in [-0.2, -0.15) is 0 Å². The molecule has 5 heteroatoms. The lowest BCUT2D eigenvalue weighted by molar-refractivity contribution is 0.339. The van der Waals surface area contributed by atoms with Crippen molar-refractivity contribution in [1.29, 1.82) is 0 Å². The van der Waals surface area contributed by atoms with Gasteiger partial charge in [0.25, 0.3) is 0 Å². The molecule has 3 nitrogen and oxygen atoms in total. The van der Waals surface area contributed by atoms with E-state index in [1.165, 1.54) is 12.1 Å². The van der Waals surface area contributed by atoms with Crippen molar-refractivity contribution >= 4 is 22.6 Å². The number of hydrogen-bond acceptors (Lipinski definition) is 3. The highest BCUT2D eigenvalue weighted by Gasteiger charge is 2.16. The van der Waals surface area contributed by atoms with E-state index in [9.17, 15) is 4.39 Å². The van der Waals surface area contributed by atoms with E-state index >= 15 is 0 Å². The zero-order valence-electron chi connectivity index (χ0n) is 11.1. The Morgan fingerprint density at radius 1 is 1.30 bits per heavy atom. The standard InChI is InChI=1S/C15H16FIN2O/c1-2-20-12-5-3-4-10(8-12)15(19-18)13-7-6-11(16)9-14(13)17/h3-9,15,19H,2,18H2,1H3. The van der Waals surface area contributed by atoms with Gasteiger partial charge in [0.1, 0.15) is 11.6 Å². The largest absolute Gasteiger partial charge is 0.494 e. The van der Waals surface area contributed by atoms with Crippen LogP contribution in [0.1, 0.15) is 24.1 Å². The number of ether oxygens (including phenoxy) is 1. The van der Waals surface area contributed by atoms with E-state index in [1.807, 2.05) is 31.2 Å². The van der Waals surface area contributed by atoms with E-state index in [0.29, 0.717) is 6.61 Å². The van der Waals surface area contributed by atoms with Crippen molar-refractivity contribution in [1.82, 2.24) is 5.43 Å². The maximum atomic E-state index is 13.2. The molecule has 2 aromatic carbocycles. The summed E-state index contributed by atoms with van der Waals surface area (Å²) < 4.78 is 19.5. The molecule has 0 spiro atoms. The molecule has 1 unspecified atom stereocenters. The minimum absolute atomic E-state index is 0.206. The number of benzene rings is 2. The summed E-state index contributed by atoms with van der Waals surface area (Å²) in [5.41, 5.74) is 4.69. The predicted molar refractivity (Wildman–Crippen MR) is 85.9 cm³/mol. The Hall–Kier alpha value is -1.18. The third-order valence-electron chi connectivity index (χ3n) is 2.94. The van der Waals surface area contributed by atoms with Crippen molar-refractivity contribution in [2.45, 2.75) is 13.0 Å². The molecule has 0 aliphatic heterocycles. The first-order chi connectivity index (χ1) is 9.65. The third-order valence-corrected chi connectivity index (χ3v) is 3.88. The molecule has 0 aliphatic rings. The summed E-state index contributed by atoms with van der Waals surface area (Å²) in [4.78, 5) is 0. The average Bonchev–Trinajstić information content (AvgIpc) is 2.43. The van der Waals surface area contributed by atoms with Gasteiger partial charge in [-0.1, -0.05) is 18.2 Å². The number of hydrogen-bond donors (Lipinski definition) is 2. The molecular formula is C15H16FIN2O. The van der Waals surface area contributed by atoms with Crippen LogP contribution in [0.4, 0.5) is 4.39 Å². The highest BCUT2D eigenvalue weighted by atomic mass is 127. The molecule has 0 bridgehead atoms. The summed E-state index contributed by atoms with van der Waals surface area (Å²) in [6, 6.07) is 12.2. The van der Waals surface area contributed by atoms with Crippen molar-refractivity contribution in [3.05, 3.63) is 63.0 Å². The highest BCUT2D eigenvalue weighted by molar-refractivity contribution is 14.1. The van der Waals surface area contributed by atoms with Gasteiger partial charge in [-0.3, -0.25) is 5.84 Å². The Morgan fingerprint density at radius 3 is 2.75 bits per heavy atom. The van der Waals surface area contributed by atoms with Gasteiger partial charge in [-0.25, -0.2) is 9.82 Å². The molecule has 0 radical (unpaired) electrons.